The molecule has 11 aromatic carbocycles. The van der Waals surface area contributed by atoms with Crippen molar-refractivity contribution < 1.29 is 0 Å². The van der Waals surface area contributed by atoms with Gasteiger partial charge in [-0.2, -0.15) is 0 Å². The standard InChI is InChI=1S/C64H39NS/c1-3-17-40(18-4-1)41-31-33-42(34-32-41)61-48-23-7-9-25-50(48)62(51-26-10-8-24-49(51)61)44-35-36-47-52-38-57-60(39-53(52)63(65-58(47)37-44)43-19-5-2-6-20-43)66-59-30-16-15-29-56(59)64(57)54-27-13-11-21-45(54)46-22-12-14-28-55(46)64/h1-39H. The van der Waals surface area contributed by atoms with Gasteiger partial charge < -0.3 is 0 Å². The Morgan fingerprint density at radius 2 is 0.773 bits per heavy atom. The van der Waals surface area contributed by atoms with E-state index in [9.17, 15) is 0 Å². The Morgan fingerprint density at radius 1 is 0.288 bits per heavy atom. The topological polar surface area (TPSA) is 12.9 Å². The van der Waals surface area contributed by atoms with Crippen molar-refractivity contribution in [1.29, 1.82) is 0 Å². The van der Waals surface area contributed by atoms with Gasteiger partial charge in [0.05, 0.1) is 16.6 Å². The fraction of sp³-hybridized carbons (Fsp3) is 0.0156. The van der Waals surface area contributed by atoms with Crippen molar-refractivity contribution >= 4 is 55.0 Å². The molecule has 0 N–H and O–H groups in total. The third-order valence-electron chi connectivity index (χ3n) is 14.3. The minimum Gasteiger partial charge on any atom is -0.247 e. The van der Waals surface area contributed by atoms with E-state index in [4.69, 9.17) is 4.98 Å². The highest BCUT2D eigenvalue weighted by atomic mass is 32.2. The van der Waals surface area contributed by atoms with Crippen molar-refractivity contribution in [3.63, 3.8) is 0 Å². The van der Waals surface area contributed by atoms with Crippen molar-refractivity contribution in [1.82, 2.24) is 4.98 Å². The maximum absolute atomic E-state index is 5.66. The molecule has 14 rings (SSSR count). The van der Waals surface area contributed by atoms with Crippen LogP contribution in [0.25, 0.3) is 99.0 Å². The van der Waals surface area contributed by atoms with Crippen molar-refractivity contribution in [3.05, 3.63) is 259 Å². The maximum atomic E-state index is 5.66. The van der Waals surface area contributed by atoms with E-state index in [0.717, 1.165) is 27.7 Å². The van der Waals surface area contributed by atoms with E-state index < -0.39 is 5.41 Å². The van der Waals surface area contributed by atoms with Gasteiger partial charge in [-0.05, 0) is 118 Å². The Bertz CT molecular complexity index is 3840. The summed E-state index contributed by atoms with van der Waals surface area (Å²) in [5.41, 5.74) is 17.9. The quantitative estimate of drug-likeness (QED) is 0.129. The van der Waals surface area contributed by atoms with Gasteiger partial charge in [0.15, 0.2) is 0 Å². The molecule has 0 atom stereocenters. The number of fused-ring (bicyclic) bond motifs is 14. The zero-order valence-corrected chi connectivity index (χ0v) is 36.7. The van der Waals surface area contributed by atoms with Crippen LogP contribution in [0.4, 0.5) is 0 Å². The van der Waals surface area contributed by atoms with Crippen LogP contribution in [0.5, 0.6) is 0 Å². The number of aromatic nitrogens is 1. The van der Waals surface area contributed by atoms with Crippen molar-refractivity contribution in [3.8, 4) is 55.8 Å². The highest BCUT2D eigenvalue weighted by Gasteiger charge is 2.50. The van der Waals surface area contributed by atoms with Crippen LogP contribution in [-0.4, -0.2) is 4.98 Å². The summed E-state index contributed by atoms with van der Waals surface area (Å²) in [6.45, 7) is 0. The second kappa shape index (κ2) is 14.5. The van der Waals surface area contributed by atoms with Crippen LogP contribution in [0.1, 0.15) is 22.3 Å². The minimum atomic E-state index is -0.470. The molecule has 0 fully saturated rings. The Kier molecular flexibility index (Phi) is 8.20. The molecule has 0 saturated carbocycles. The van der Waals surface area contributed by atoms with Crippen LogP contribution in [-0.2, 0) is 5.41 Å². The Balaban J connectivity index is 1.03. The molecule has 0 bridgehead atoms. The lowest BCUT2D eigenvalue weighted by Gasteiger charge is -2.40. The van der Waals surface area contributed by atoms with Crippen molar-refractivity contribution in [2.24, 2.45) is 0 Å². The maximum Gasteiger partial charge on any atom is 0.0788 e. The van der Waals surface area contributed by atoms with E-state index in [1.54, 1.807) is 0 Å². The highest BCUT2D eigenvalue weighted by molar-refractivity contribution is 7.99. The second-order valence-electron chi connectivity index (χ2n) is 17.7. The molecular weight excluding hydrogens is 815 g/mol. The van der Waals surface area contributed by atoms with E-state index in [2.05, 4.69) is 237 Å². The first kappa shape index (κ1) is 37.3. The lowest BCUT2D eigenvalue weighted by atomic mass is 9.67. The molecule has 1 nitrogen and oxygen atoms in total. The molecule has 66 heavy (non-hydrogen) atoms. The van der Waals surface area contributed by atoms with Gasteiger partial charge in [0.1, 0.15) is 0 Å². The fourth-order valence-corrected chi connectivity index (χ4v) is 12.7. The number of benzene rings is 11. The third-order valence-corrected chi connectivity index (χ3v) is 15.4. The SMILES string of the molecule is c1ccc(-c2ccc(-c3c4ccccc4c(-c4ccc5c(c4)nc(-c4ccccc4)c4cc6c(cc45)C4(c5ccccc5S6)c5ccccc5-c5ccccc54)c4ccccc34)cc2)cc1. The monoisotopic (exact) mass is 853 g/mol. The zero-order chi connectivity index (χ0) is 43.3. The third kappa shape index (κ3) is 5.34. The molecule has 2 heteroatoms. The van der Waals surface area contributed by atoms with Gasteiger partial charge in [-0.3, -0.25) is 0 Å². The van der Waals surface area contributed by atoms with E-state index in [-0.39, 0.29) is 0 Å². The Labute approximate surface area is 387 Å². The molecule has 1 aliphatic heterocycles. The first-order chi connectivity index (χ1) is 32.7. The summed E-state index contributed by atoms with van der Waals surface area (Å²) in [5, 5.41) is 8.47. The molecule has 1 spiro atoms. The normalized spacial score (nSPS) is 13.2. The number of hydrogen-bond donors (Lipinski definition) is 0. The smallest absolute Gasteiger partial charge is 0.0788 e. The van der Waals surface area contributed by atoms with E-state index >= 15 is 0 Å². The first-order valence-electron chi connectivity index (χ1n) is 22.8. The van der Waals surface area contributed by atoms with Gasteiger partial charge in [-0.1, -0.05) is 224 Å². The summed E-state index contributed by atoms with van der Waals surface area (Å²) in [5.74, 6) is 0. The molecule has 1 aromatic heterocycles. The van der Waals surface area contributed by atoms with Crippen LogP contribution in [0.2, 0.25) is 0 Å². The molecule has 0 amide bonds. The molecule has 2 heterocycles. The van der Waals surface area contributed by atoms with Gasteiger partial charge >= 0.3 is 0 Å². The lowest BCUT2D eigenvalue weighted by molar-refractivity contribution is 0.724. The number of pyridine rings is 1. The molecule has 2 aliphatic rings. The zero-order valence-electron chi connectivity index (χ0n) is 35.9. The summed E-state index contributed by atoms with van der Waals surface area (Å²) < 4.78 is 0. The molecule has 0 unspecified atom stereocenters. The van der Waals surface area contributed by atoms with Gasteiger partial charge in [-0.15, -0.1) is 0 Å². The predicted molar refractivity (Wildman–Crippen MR) is 277 cm³/mol. The van der Waals surface area contributed by atoms with Gasteiger partial charge in [0.2, 0.25) is 0 Å². The molecular formula is C64H39NS. The summed E-state index contributed by atoms with van der Waals surface area (Å²) in [7, 11) is 0. The highest BCUT2D eigenvalue weighted by Crippen LogP contribution is 2.63. The van der Waals surface area contributed by atoms with E-state index in [1.807, 2.05) is 11.8 Å². The van der Waals surface area contributed by atoms with Crippen LogP contribution < -0.4 is 0 Å². The van der Waals surface area contributed by atoms with Crippen molar-refractivity contribution in [2.75, 3.05) is 0 Å². The van der Waals surface area contributed by atoms with Crippen LogP contribution in [0.3, 0.4) is 0 Å². The van der Waals surface area contributed by atoms with Crippen LogP contribution in [0, 0.1) is 0 Å². The molecule has 12 aromatic rings. The summed E-state index contributed by atoms with van der Waals surface area (Å²) in [6.07, 6.45) is 0. The minimum absolute atomic E-state index is 0.470. The molecule has 0 saturated heterocycles. The lowest BCUT2D eigenvalue weighted by Crippen LogP contribution is -2.32. The van der Waals surface area contributed by atoms with Crippen LogP contribution >= 0.6 is 11.8 Å². The summed E-state index contributed by atoms with van der Waals surface area (Å²) in [6, 6.07) is 87.6. The molecule has 306 valence electrons. The van der Waals surface area contributed by atoms with Gasteiger partial charge in [0, 0.05) is 26.1 Å². The largest absolute Gasteiger partial charge is 0.247 e. The van der Waals surface area contributed by atoms with E-state index in [1.165, 1.54) is 103 Å². The number of hydrogen-bond acceptors (Lipinski definition) is 2. The van der Waals surface area contributed by atoms with Crippen molar-refractivity contribution in [2.45, 2.75) is 15.2 Å². The summed E-state index contributed by atoms with van der Waals surface area (Å²) >= 11 is 1.89. The average molecular weight is 854 g/mol. The molecule has 0 radical (unpaired) electrons. The first-order valence-corrected chi connectivity index (χ1v) is 23.6. The molecule has 1 aliphatic carbocycles. The second-order valence-corrected chi connectivity index (χ2v) is 18.8. The summed E-state index contributed by atoms with van der Waals surface area (Å²) in [4.78, 5) is 8.23. The van der Waals surface area contributed by atoms with Gasteiger partial charge in [-0.25, -0.2) is 4.98 Å². The fourth-order valence-electron chi connectivity index (χ4n) is 11.5. The average Bonchev–Trinajstić information content (AvgIpc) is 3.68. The number of nitrogens with zero attached hydrogens (tertiary/aromatic N) is 1. The van der Waals surface area contributed by atoms with Gasteiger partial charge in [0.25, 0.3) is 0 Å². The van der Waals surface area contributed by atoms with Crippen LogP contribution in [0.15, 0.2) is 246 Å². The predicted octanol–water partition coefficient (Wildman–Crippen LogP) is 17.2. The Morgan fingerprint density at radius 3 is 1.41 bits per heavy atom. The van der Waals surface area contributed by atoms with E-state index in [0.29, 0.717) is 0 Å². The Hall–Kier alpha value is -8.04. The number of rotatable bonds is 4.